The van der Waals surface area contributed by atoms with Crippen molar-refractivity contribution in [2.45, 2.75) is 27.3 Å². The molecule has 0 unspecified atom stereocenters. The number of thioether (sulfide) groups is 2. The summed E-state index contributed by atoms with van der Waals surface area (Å²) >= 11 is 4.68. The number of methoxy groups -OCH3 is 1. The summed E-state index contributed by atoms with van der Waals surface area (Å²) in [5, 5.41) is 8.39. The second kappa shape index (κ2) is 8.91. The number of nitrogens with zero attached hydrogens (tertiary/aromatic N) is 3. The van der Waals surface area contributed by atoms with E-state index >= 15 is 0 Å². The molecule has 1 saturated carbocycles. The molecule has 0 spiro atoms. The van der Waals surface area contributed by atoms with Crippen LogP contribution in [0.15, 0.2) is 32.9 Å². The number of benzene rings is 1. The van der Waals surface area contributed by atoms with Crippen molar-refractivity contribution in [3.05, 3.63) is 29.8 Å². The predicted octanol–water partition coefficient (Wildman–Crippen LogP) is 3.80. The third-order valence-electron chi connectivity index (χ3n) is 3.88. The van der Waals surface area contributed by atoms with E-state index in [9.17, 15) is 4.79 Å². The van der Waals surface area contributed by atoms with Crippen molar-refractivity contribution < 1.29 is 9.53 Å². The highest BCUT2D eigenvalue weighted by atomic mass is 32.2. The maximum Gasteiger partial charge on any atom is 0.232 e. The highest BCUT2D eigenvalue weighted by molar-refractivity contribution is 8.03. The van der Waals surface area contributed by atoms with Crippen LogP contribution in [0.25, 0.3) is 0 Å². The van der Waals surface area contributed by atoms with Crippen molar-refractivity contribution >= 4 is 40.8 Å². The highest BCUT2D eigenvalue weighted by Crippen LogP contribution is 2.32. The summed E-state index contributed by atoms with van der Waals surface area (Å²) in [4.78, 5) is 13.9. The van der Waals surface area contributed by atoms with Gasteiger partial charge in [-0.2, -0.15) is 0 Å². The SMILES string of the molecule is COc1ccc(CSc2nnc(SCC(=O)N(C)CC3CC3)s2)cc1. The monoisotopic (exact) mass is 395 g/mol. The molecule has 0 saturated heterocycles. The van der Waals surface area contributed by atoms with Gasteiger partial charge in [0.2, 0.25) is 5.91 Å². The van der Waals surface area contributed by atoms with Gasteiger partial charge < -0.3 is 9.64 Å². The molecule has 0 aliphatic heterocycles. The van der Waals surface area contributed by atoms with Crippen LogP contribution in [0.5, 0.6) is 5.75 Å². The molecule has 8 heteroatoms. The molecule has 2 aromatic rings. The average Bonchev–Trinajstić information content (AvgIpc) is 3.33. The number of ether oxygens (including phenoxy) is 1. The lowest BCUT2D eigenvalue weighted by Crippen LogP contribution is -2.30. The molecule has 5 nitrogen and oxygen atoms in total. The molecule has 1 aromatic heterocycles. The first-order valence-electron chi connectivity index (χ1n) is 8.10. The minimum absolute atomic E-state index is 0.166. The van der Waals surface area contributed by atoms with Gasteiger partial charge in [0.15, 0.2) is 8.68 Å². The number of carbonyl (C=O) groups excluding carboxylic acids is 1. The number of hydrogen-bond acceptors (Lipinski definition) is 7. The standard InChI is InChI=1S/C17H21N3O2S3/c1-20(9-12-3-4-12)15(21)11-24-17-19-18-16(25-17)23-10-13-5-7-14(22-2)8-6-13/h5-8,12H,3-4,9-11H2,1-2H3. The topological polar surface area (TPSA) is 55.3 Å². The van der Waals surface area contributed by atoms with Crippen molar-refractivity contribution in [2.24, 2.45) is 5.92 Å². The quantitative estimate of drug-likeness (QED) is 0.602. The summed E-state index contributed by atoms with van der Waals surface area (Å²) in [6.45, 7) is 0.887. The smallest absolute Gasteiger partial charge is 0.232 e. The minimum atomic E-state index is 0.166. The zero-order valence-electron chi connectivity index (χ0n) is 14.3. The highest BCUT2D eigenvalue weighted by Gasteiger charge is 2.24. The Morgan fingerprint density at radius 3 is 2.56 bits per heavy atom. The van der Waals surface area contributed by atoms with Gasteiger partial charge in [0, 0.05) is 19.3 Å². The Morgan fingerprint density at radius 1 is 1.24 bits per heavy atom. The van der Waals surface area contributed by atoms with E-state index in [-0.39, 0.29) is 5.91 Å². The summed E-state index contributed by atoms with van der Waals surface area (Å²) in [7, 11) is 3.55. The molecule has 0 atom stereocenters. The lowest BCUT2D eigenvalue weighted by atomic mass is 10.2. The molecule has 1 heterocycles. The second-order valence-corrected chi connectivity index (χ2v) is 9.40. The Kier molecular flexibility index (Phi) is 6.61. The van der Waals surface area contributed by atoms with Crippen LogP contribution in [0, 0.1) is 5.92 Å². The van der Waals surface area contributed by atoms with Crippen LogP contribution in [0.2, 0.25) is 0 Å². The minimum Gasteiger partial charge on any atom is -0.497 e. The maximum absolute atomic E-state index is 12.1. The van der Waals surface area contributed by atoms with E-state index in [0.717, 1.165) is 32.6 Å². The van der Waals surface area contributed by atoms with Crippen molar-refractivity contribution in [1.29, 1.82) is 0 Å². The van der Waals surface area contributed by atoms with E-state index in [1.54, 1.807) is 30.2 Å². The summed E-state index contributed by atoms with van der Waals surface area (Å²) in [5.41, 5.74) is 1.21. The van der Waals surface area contributed by atoms with Gasteiger partial charge in [0.1, 0.15) is 5.75 Å². The zero-order valence-corrected chi connectivity index (χ0v) is 16.8. The molecule has 1 aliphatic rings. The van der Waals surface area contributed by atoms with Crippen LogP contribution in [0.1, 0.15) is 18.4 Å². The van der Waals surface area contributed by atoms with E-state index in [0.29, 0.717) is 5.75 Å². The molecule has 134 valence electrons. The summed E-state index contributed by atoms with van der Waals surface area (Å²) < 4.78 is 6.94. The van der Waals surface area contributed by atoms with Gasteiger partial charge in [-0.15, -0.1) is 10.2 Å². The van der Waals surface area contributed by atoms with Gasteiger partial charge in [-0.1, -0.05) is 47.0 Å². The molecule has 1 aliphatic carbocycles. The van der Waals surface area contributed by atoms with Gasteiger partial charge >= 0.3 is 0 Å². The Bertz CT molecular complexity index is 701. The van der Waals surface area contributed by atoms with Gasteiger partial charge in [0.05, 0.1) is 12.9 Å². The predicted molar refractivity (Wildman–Crippen MR) is 104 cm³/mol. The third kappa shape index (κ3) is 5.90. The number of carbonyl (C=O) groups is 1. The van der Waals surface area contributed by atoms with Crippen LogP contribution in [0.3, 0.4) is 0 Å². The first kappa shape index (κ1) is 18.5. The second-order valence-electron chi connectivity index (χ2n) is 5.98. The van der Waals surface area contributed by atoms with Crippen molar-refractivity contribution in [1.82, 2.24) is 15.1 Å². The number of rotatable bonds is 9. The van der Waals surface area contributed by atoms with Gasteiger partial charge in [-0.05, 0) is 36.5 Å². The van der Waals surface area contributed by atoms with E-state index in [1.165, 1.54) is 30.2 Å². The van der Waals surface area contributed by atoms with E-state index in [2.05, 4.69) is 22.3 Å². The zero-order chi connectivity index (χ0) is 17.6. The Labute approximate surface area is 160 Å². The maximum atomic E-state index is 12.1. The van der Waals surface area contributed by atoms with E-state index in [4.69, 9.17) is 4.74 Å². The molecule has 0 bridgehead atoms. The Hall–Kier alpha value is -1.25. The van der Waals surface area contributed by atoms with Crippen LogP contribution < -0.4 is 4.74 Å². The van der Waals surface area contributed by atoms with Gasteiger partial charge in [-0.3, -0.25) is 4.79 Å². The van der Waals surface area contributed by atoms with Gasteiger partial charge in [-0.25, -0.2) is 0 Å². The fourth-order valence-electron chi connectivity index (χ4n) is 2.20. The molecular weight excluding hydrogens is 374 g/mol. The Morgan fingerprint density at radius 2 is 1.92 bits per heavy atom. The number of amides is 1. The lowest BCUT2D eigenvalue weighted by molar-refractivity contribution is -0.127. The fraction of sp³-hybridized carbons (Fsp3) is 0.471. The molecule has 1 amide bonds. The van der Waals surface area contributed by atoms with Crippen LogP contribution in [0.4, 0.5) is 0 Å². The average molecular weight is 396 g/mol. The van der Waals surface area contributed by atoms with Crippen LogP contribution in [-0.2, 0) is 10.5 Å². The van der Waals surface area contributed by atoms with Gasteiger partial charge in [0.25, 0.3) is 0 Å². The van der Waals surface area contributed by atoms with E-state index < -0.39 is 0 Å². The fourth-order valence-corrected chi connectivity index (χ4v) is 5.12. The molecule has 0 N–H and O–H groups in total. The molecular formula is C17H21N3O2S3. The molecule has 1 fully saturated rings. The molecule has 0 radical (unpaired) electrons. The third-order valence-corrected chi connectivity index (χ3v) is 7.13. The summed E-state index contributed by atoms with van der Waals surface area (Å²) in [6, 6.07) is 8.02. The summed E-state index contributed by atoms with van der Waals surface area (Å²) in [6.07, 6.45) is 2.52. The van der Waals surface area contributed by atoms with Crippen molar-refractivity contribution in [3.8, 4) is 5.75 Å². The summed E-state index contributed by atoms with van der Waals surface area (Å²) in [5.74, 6) is 3.02. The normalized spacial score (nSPS) is 13.7. The van der Waals surface area contributed by atoms with Crippen LogP contribution >= 0.6 is 34.9 Å². The largest absolute Gasteiger partial charge is 0.497 e. The molecule has 3 rings (SSSR count). The number of aromatic nitrogens is 2. The first-order chi connectivity index (χ1) is 12.1. The van der Waals surface area contributed by atoms with Crippen molar-refractivity contribution in [2.75, 3.05) is 26.5 Å². The lowest BCUT2D eigenvalue weighted by Gasteiger charge is -2.15. The van der Waals surface area contributed by atoms with Crippen LogP contribution in [-0.4, -0.2) is 47.5 Å². The first-order valence-corrected chi connectivity index (χ1v) is 10.9. The molecule has 1 aromatic carbocycles. The number of hydrogen-bond donors (Lipinski definition) is 0. The van der Waals surface area contributed by atoms with Crippen molar-refractivity contribution in [3.63, 3.8) is 0 Å². The Balaban J connectivity index is 1.42. The van der Waals surface area contributed by atoms with E-state index in [1.807, 2.05) is 24.1 Å². The molecule has 25 heavy (non-hydrogen) atoms.